The van der Waals surface area contributed by atoms with Gasteiger partial charge >= 0.3 is 0 Å². The third kappa shape index (κ3) is 6.04. The monoisotopic (exact) mass is 452 g/mol. The minimum atomic E-state index is -0.310. The van der Waals surface area contributed by atoms with Crippen LogP contribution in [0.2, 0.25) is 0 Å². The van der Waals surface area contributed by atoms with Gasteiger partial charge in [-0.15, -0.1) is 11.3 Å². The van der Waals surface area contributed by atoms with E-state index < -0.39 is 0 Å². The molecule has 0 saturated heterocycles. The van der Waals surface area contributed by atoms with Crippen molar-refractivity contribution in [3.8, 4) is 0 Å². The second-order valence-corrected chi connectivity index (χ2v) is 9.60. The fourth-order valence-corrected chi connectivity index (χ4v) is 4.41. The molecular formula is C26H29FN2O2S. The molecule has 0 bridgehead atoms. The van der Waals surface area contributed by atoms with Crippen LogP contribution in [-0.2, 0) is 17.9 Å². The summed E-state index contributed by atoms with van der Waals surface area (Å²) in [5, 5.41) is 0. The third-order valence-electron chi connectivity index (χ3n) is 5.35. The standard InChI is InChI=1S/C26H29FN2O2S/c1-18(2)29(26(31)24-8-6-5-7-19(24)3)17-25(30)28(16-23-14-9-20(4)32-23)15-21-10-12-22(27)13-11-21/h5-14,18H,15-17H2,1-4H3. The second kappa shape index (κ2) is 10.6. The molecule has 4 nitrogen and oxygen atoms in total. The Kier molecular flexibility index (Phi) is 7.80. The quantitative estimate of drug-likeness (QED) is 0.447. The number of benzene rings is 2. The molecule has 1 heterocycles. The van der Waals surface area contributed by atoms with Gasteiger partial charge in [-0.1, -0.05) is 30.3 Å². The highest BCUT2D eigenvalue weighted by molar-refractivity contribution is 7.11. The first-order valence-electron chi connectivity index (χ1n) is 10.7. The van der Waals surface area contributed by atoms with Gasteiger partial charge in [-0.25, -0.2) is 4.39 Å². The molecule has 2 amide bonds. The van der Waals surface area contributed by atoms with E-state index in [1.165, 1.54) is 17.0 Å². The van der Waals surface area contributed by atoms with Gasteiger partial charge in [-0.3, -0.25) is 9.59 Å². The molecule has 3 rings (SSSR count). The van der Waals surface area contributed by atoms with Gasteiger partial charge in [0.1, 0.15) is 12.4 Å². The van der Waals surface area contributed by atoms with Crippen LogP contribution in [0, 0.1) is 19.7 Å². The number of amides is 2. The summed E-state index contributed by atoms with van der Waals surface area (Å²) < 4.78 is 13.4. The van der Waals surface area contributed by atoms with Gasteiger partial charge in [0, 0.05) is 27.9 Å². The molecule has 0 atom stereocenters. The first kappa shape index (κ1) is 23.7. The fourth-order valence-electron chi connectivity index (χ4n) is 3.50. The number of hydrogen-bond donors (Lipinski definition) is 0. The predicted octanol–water partition coefficient (Wildman–Crippen LogP) is 5.58. The summed E-state index contributed by atoms with van der Waals surface area (Å²) in [4.78, 5) is 32.3. The van der Waals surface area contributed by atoms with Crippen LogP contribution in [0.5, 0.6) is 0 Å². The van der Waals surface area contributed by atoms with Crippen LogP contribution in [0.3, 0.4) is 0 Å². The van der Waals surface area contributed by atoms with Gasteiger partial charge in [0.2, 0.25) is 5.91 Å². The Labute approximate surface area is 193 Å². The number of hydrogen-bond acceptors (Lipinski definition) is 3. The summed E-state index contributed by atoms with van der Waals surface area (Å²) in [6, 6.07) is 17.5. The van der Waals surface area contributed by atoms with Gasteiger partial charge < -0.3 is 9.80 Å². The fraction of sp³-hybridized carbons (Fsp3) is 0.308. The zero-order chi connectivity index (χ0) is 23.3. The van der Waals surface area contributed by atoms with E-state index in [1.54, 1.807) is 39.3 Å². The van der Waals surface area contributed by atoms with Crippen molar-refractivity contribution >= 4 is 23.2 Å². The van der Waals surface area contributed by atoms with E-state index in [0.29, 0.717) is 18.7 Å². The van der Waals surface area contributed by atoms with Crippen molar-refractivity contribution in [3.63, 3.8) is 0 Å². The largest absolute Gasteiger partial charge is 0.332 e. The van der Waals surface area contributed by atoms with Crippen LogP contribution in [0.15, 0.2) is 60.7 Å². The number of carbonyl (C=O) groups excluding carboxylic acids is 2. The number of carbonyl (C=O) groups is 2. The van der Waals surface area contributed by atoms with E-state index in [2.05, 4.69) is 0 Å². The molecule has 0 aliphatic carbocycles. The van der Waals surface area contributed by atoms with Crippen LogP contribution < -0.4 is 0 Å². The SMILES string of the molecule is Cc1ccc(CN(Cc2ccc(F)cc2)C(=O)CN(C(=O)c2ccccc2C)C(C)C)s1. The van der Waals surface area contributed by atoms with Crippen LogP contribution >= 0.6 is 11.3 Å². The van der Waals surface area contributed by atoms with E-state index in [-0.39, 0.29) is 30.2 Å². The molecule has 0 aliphatic rings. The molecule has 0 N–H and O–H groups in total. The van der Waals surface area contributed by atoms with Crippen molar-refractivity contribution in [2.45, 2.75) is 46.8 Å². The molecule has 0 radical (unpaired) electrons. The Bertz CT molecular complexity index is 1080. The molecule has 0 spiro atoms. The molecule has 0 fully saturated rings. The molecule has 168 valence electrons. The van der Waals surface area contributed by atoms with Crippen molar-refractivity contribution in [1.82, 2.24) is 9.80 Å². The maximum absolute atomic E-state index is 13.4. The molecule has 1 aromatic heterocycles. The summed E-state index contributed by atoms with van der Waals surface area (Å²) in [6.45, 7) is 8.53. The molecule has 32 heavy (non-hydrogen) atoms. The van der Waals surface area contributed by atoms with E-state index in [1.807, 2.05) is 58.0 Å². The number of rotatable bonds is 8. The molecule has 0 saturated carbocycles. The van der Waals surface area contributed by atoms with E-state index >= 15 is 0 Å². The van der Waals surface area contributed by atoms with Crippen molar-refractivity contribution < 1.29 is 14.0 Å². The minimum absolute atomic E-state index is 0.0175. The maximum Gasteiger partial charge on any atom is 0.254 e. The average molecular weight is 453 g/mol. The van der Waals surface area contributed by atoms with Crippen molar-refractivity contribution in [1.29, 1.82) is 0 Å². The first-order chi connectivity index (χ1) is 15.2. The zero-order valence-electron chi connectivity index (χ0n) is 19.0. The van der Waals surface area contributed by atoms with Crippen LogP contribution in [0.4, 0.5) is 4.39 Å². The normalized spacial score (nSPS) is 10.9. The van der Waals surface area contributed by atoms with E-state index in [9.17, 15) is 14.0 Å². The highest BCUT2D eigenvalue weighted by Crippen LogP contribution is 2.20. The number of halogens is 1. The molecule has 0 unspecified atom stereocenters. The molecule has 0 aliphatic heterocycles. The van der Waals surface area contributed by atoms with Gasteiger partial charge in [0.15, 0.2) is 0 Å². The number of nitrogens with zero attached hydrogens (tertiary/aromatic N) is 2. The van der Waals surface area contributed by atoms with Crippen molar-refractivity contribution in [2.24, 2.45) is 0 Å². The lowest BCUT2D eigenvalue weighted by molar-refractivity contribution is -0.133. The third-order valence-corrected chi connectivity index (χ3v) is 6.33. The van der Waals surface area contributed by atoms with Crippen LogP contribution in [-0.4, -0.2) is 34.2 Å². The molecular weight excluding hydrogens is 423 g/mol. The Balaban J connectivity index is 1.83. The summed E-state index contributed by atoms with van der Waals surface area (Å²) in [7, 11) is 0. The lowest BCUT2D eigenvalue weighted by Gasteiger charge is -2.30. The summed E-state index contributed by atoms with van der Waals surface area (Å²) in [5.74, 6) is -0.605. The topological polar surface area (TPSA) is 40.6 Å². The van der Waals surface area contributed by atoms with Crippen molar-refractivity contribution in [2.75, 3.05) is 6.54 Å². The molecule has 3 aromatic rings. The van der Waals surface area contributed by atoms with Crippen LogP contribution in [0.1, 0.15) is 45.1 Å². The average Bonchev–Trinajstić information content (AvgIpc) is 3.17. The predicted molar refractivity (Wildman–Crippen MR) is 127 cm³/mol. The number of thiophene rings is 1. The van der Waals surface area contributed by atoms with Gasteiger partial charge in [-0.05, 0) is 69.2 Å². The maximum atomic E-state index is 13.4. The smallest absolute Gasteiger partial charge is 0.254 e. The zero-order valence-corrected chi connectivity index (χ0v) is 19.8. The summed E-state index contributed by atoms with van der Waals surface area (Å²) in [6.07, 6.45) is 0. The van der Waals surface area contributed by atoms with Crippen molar-refractivity contribution in [3.05, 3.63) is 92.9 Å². The second-order valence-electron chi connectivity index (χ2n) is 8.23. The highest BCUT2D eigenvalue weighted by atomic mass is 32.1. The lowest BCUT2D eigenvalue weighted by atomic mass is 10.1. The Morgan fingerprint density at radius 3 is 2.22 bits per heavy atom. The molecule has 6 heteroatoms. The Morgan fingerprint density at radius 2 is 1.62 bits per heavy atom. The van der Waals surface area contributed by atoms with Gasteiger partial charge in [0.05, 0.1) is 6.54 Å². The van der Waals surface area contributed by atoms with E-state index in [0.717, 1.165) is 16.0 Å². The number of aryl methyl sites for hydroxylation is 2. The van der Waals surface area contributed by atoms with E-state index in [4.69, 9.17) is 0 Å². The summed E-state index contributed by atoms with van der Waals surface area (Å²) >= 11 is 1.64. The summed E-state index contributed by atoms with van der Waals surface area (Å²) in [5.41, 5.74) is 2.33. The van der Waals surface area contributed by atoms with Gasteiger partial charge in [0.25, 0.3) is 5.91 Å². The lowest BCUT2D eigenvalue weighted by Crippen LogP contribution is -2.45. The van der Waals surface area contributed by atoms with Crippen LogP contribution in [0.25, 0.3) is 0 Å². The molecule has 2 aromatic carbocycles. The Morgan fingerprint density at radius 1 is 0.938 bits per heavy atom. The highest BCUT2D eigenvalue weighted by Gasteiger charge is 2.25. The minimum Gasteiger partial charge on any atom is -0.332 e. The van der Waals surface area contributed by atoms with Gasteiger partial charge in [-0.2, -0.15) is 0 Å². The Hall–Kier alpha value is -2.99. The first-order valence-corrected chi connectivity index (χ1v) is 11.5.